The highest BCUT2D eigenvalue weighted by Crippen LogP contribution is 2.14. The fourth-order valence-corrected chi connectivity index (χ4v) is 1.79. The minimum atomic E-state index is -0.269. The van der Waals surface area contributed by atoms with E-state index in [1.165, 1.54) is 12.1 Å². The van der Waals surface area contributed by atoms with Gasteiger partial charge in [-0.15, -0.1) is 0 Å². The summed E-state index contributed by atoms with van der Waals surface area (Å²) in [5.74, 6) is -0.346. The highest BCUT2D eigenvalue weighted by Gasteiger charge is 2.03. The molecule has 2 aromatic carbocycles. The number of halogens is 2. The summed E-state index contributed by atoms with van der Waals surface area (Å²) in [4.78, 5) is 11.7. The van der Waals surface area contributed by atoms with Gasteiger partial charge in [-0.3, -0.25) is 4.79 Å². The largest absolute Gasteiger partial charge is 0.326 e. The second kappa shape index (κ2) is 6.34. The summed E-state index contributed by atoms with van der Waals surface area (Å²) < 4.78 is 12.7. The molecule has 0 atom stereocenters. The summed E-state index contributed by atoms with van der Waals surface area (Å²) in [6, 6.07) is 13.1. The van der Waals surface area contributed by atoms with E-state index in [0.29, 0.717) is 23.6 Å². The topological polar surface area (TPSA) is 29.1 Å². The van der Waals surface area contributed by atoms with Crippen LogP contribution in [0.4, 0.5) is 10.1 Å². The molecule has 0 saturated heterocycles. The maximum Gasteiger partial charge on any atom is 0.224 e. The lowest BCUT2D eigenvalue weighted by atomic mass is 10.1. The molecule has 0 unspecified atom stereocenters. The lowest BCUT2D eigenvalue weighted by Crippen LogP contribution is -2.12. The minimum Gasteiger partial charge on any atom is -0.326 e. The number of carbonyl (C=O) groups is 1. The average molecular weight is 278 g/mol. The molecule has 2 aromatic rings. The summed E-state index contributed by atoms with van der Waals surface area (Å²) >= 11 is 5.76. The quantitative estimate of drug-likeness (QED) is 0.897. The molecule has 4 heteroatoms. The van der Waals surface area contributed by atoms with E-state index in [1.807, 2.05) is 0 Å². The Bertz CT molecular complexity index is 551. The van der Waals surface area contributed by atoms with E-state index in [9.17, 15) is 9.18 Å². The molecule has 0 aliphatic rings. The standard InChI is InChI=1S/C15H13ClFNO/c16-12-4-8-14(9-5-12)18-15(19)10-3-11-1-6-13(17)7-2-11/h1-2,4-9H,3,10H2,(H,18,19). The zero-order valence-corrected chi connectivity index (χ0v) is 11.0. The number of nitrogens with one attached hydrogen (secondary N) is 1. The van der Waals surface area contributed by atoms with Crippen molar-refractivity contribution in [3.05, 3.63) is 64.9 Å². The van der Waals surface area contributed by atoms with Crippen molar-refractivity contribution in [2.45, 2.75) is 12.8 Å². The summed E-state index contributed by atoms with van der Waals surface area (Å²) in [6.07, 6.45) is 0.938. The molecule has 98 valence electrons. The molecule has 0 spiro atoms. The molecule has 0 aliphatic carbocycles. The van der Waals surface area contributed by atoms with E-state index in [0.717, 1.165) is 5.56 Å². The van der Waals surface area contributed by atoms with Gasteiger partial charge in [0.2, 0.25) is 5.91 Å². The third-order valence-corrected chi connectivity index (χ3v) is 2.93. The van der Waals surface area contributed by atoms with Crippen molar-refractivity contribution in [3.8, 4) is 0 Å². The normalized spacial score (nSPS) is 10.2. The number of anilines is 1. The Labute approximate surface area is 116 Å². The number of rotatable bonds is 4. The number of hydrogen-bond donors (Lipinski definition) is 1. The van der Waals surface area contributed by atoms with Crippen molar-refractivity contribution in [1.82, 2.24) is 0 Å². The van der Waals surface area contributed by atoms with Gasteiger partial charge in [0, 0.05) is 17.1 Å². The summed E-state index contributed by atoms with van der Waals surface area (Å²) in [7, 11) is 0. The zero-order valence-electron chi connectivity index (χ0n) is 10.2. The lowest BCUT2D eigenvalue weighted by molar-refractivity contribution is -0.116. The molecule has 2 nitrogen and oxygen atoms in total. The first kappa shape index (κ1) is 13.6. The molecule has 0 fully saturated rings. The predicted octanol–water partition coefficient (Wildman–Crippen LogP) is 4.05. The molecule has 19 heavy (non-hydrogen) atoms. The molecule has 0 saturated carbocycles. The van der Waals surface area contributed by atoms with Gasteiger partial charge in [-0.05, 0) is 48.4 Å². The monoisotopic (exact) mass is 277 g/mol. The molecule has 2 rings (SSSR count). The fraction of sp³-hybridized carbons (Fsp3) is 0.133. The molecule has 0 heterocycles. The molecular formula is C15H13ClFNO. The first-order valence-corrected chi connectivity index (χ1v) is 6.31. The molecule has 0 bridgehead atoms. The fourth-order valence-electron chi connectivity index (χ4n) is 1.67. The van der Waals surface area contributed by atoms with Crippen molar-refractivity contribution < 1.29 is 9.18 Å². The zero-order chi connectivity index (χ0) is 13.7. The highest BCUT2D eigenvalue weighted by atomic mass is 35.5. The first-order valence-electron chi connectivity index (χ1n) is 5.93. The Hall–Kier alpha value is -1.87. The Morgan fingerprint density at radius 1 is 1.05 bits per heavy atom. The van der Waals surface area contributed by atoms with Crippen LogP contribution in [0.15, 0.2) is 48.5 Å². The maximum atomic E-state index is 12.7. The SMILES string of the molecule is O=C(CCc1ccc(F)cc1)Nc1ccc(Cl)cc1. The minimum absolute atomic E-state index is 0.0772. The molecule has 0 radical (unpaired) electrons. The van der Waals surface area contributed by atoms with E-state index >= 15 is 0 Å². The van der Waals surface area contributed by atoms with E-state index in [2.05, 4.69) is 5.32 Å². The van der Waals surface area contributed by atoms with Crippen LogP contribution < -0.4 is 5.32 Å². The Morgan fingerprint density at radius 3 is 2.32 bits per heavy atom. The second-order valence-electron chi connectivity index (χ2n) is 4.18. The van der Waals surface area contributed by atoms with Crippen molar-refractivity contribution in [2.75, 3.05) is 5.32 Å². The Balaban J connectivity index is 1.84. The summed E-state index contributed by atoms with van der Waals surface area (Å²) in [5, 5.41) is 3.41. The van der Waals surface area contributed by atoms with Gasteiger partial charge >= 0.3 is 0 Å². The van der Waals surface area contributed by atoms with Crippen LogP contribution in [0.1, 0.15) is 12.0 Å². The highest BCUT2D eigenvalue weighted by molar-refractivity contribution is 6.30. The van der Waals surface area contributed by atoms with Crippen LogP contribution in [0.25, 0.3) is 0 Å². The molecule has 0 aromatic heterocycles. The number of carbonyl (C=O) groups excluding carboxylic acids is 1. The van der Waals surface area contributed by atoms with Gasteiger partial charge in [-0.1, -0.05) is 23.7 Å². The van der Waals surface area contributed by atoms with Crippen molar-refractivity contribution in [2.24, 2.45) is 0 Å². The number of benzene rings is 2. The maximum absolute atomic E-state index is 12.7. The molecule has 1 N–H and O–H groups in total. The molecule has 1 amide bonds. The third-order valence-electron chi connectivity index (χ3n) is 2.68. The second-order valence-corrected chi connectivity index (χ2v) is 4.62. The van der Waals surface area contributed by atoms with Crippen molar-refractivity contribution in [3.63, 3.8) is 0 Å². The first-order chi connectivity index (χ1) is 9.13. The Kier molecular flexibility index (Phi) is 4.53. The van der Waals surface area contributed by atoms with Gasteiger partial charge in [-0.25, -0.2) is 4.39 Å². The number of hydrogen-bond acceptors (Lipinski definition) is 1. The van der Waals surface area contributed by atoms with Crippen LogP contribution in [0.5, 0.6) is 0 Å². The summed E-state index contributed by atoms with van der Waals surface area (Å²) in [5.41, 5.74) is 1.65. The molecular weight excluding hydrogens is 265 g/mol. The van der Waals surface area contributed by atoms with Gasteiger partial charge in [0.25, 0.3) is 0 Å². The van der Waals surface area contributed by atoms with Crippen LogP contribution >= 0.6 is 11.6 Å². The predicted molar refractivity (Wildman–Crippen MR) is 74.8 cm³/mol. The van der Waals surface area contributed by atoms with Crippen LogP contribution in [0, 0.1) is 5.82 Å². The van der Waals surface area contributed by atoms with Crippen LogP contribution in [-0.2, 0) is 11.2 Å². The van der Waals surface area contributed by atoms with E-state index < -0.39 is 0 Å². The van der Waals surface area contributed by atoms with Gasteiger partial charge in [0.1, 0.15) is 5.82 Å². The van der Waals surface area contributed by atoms with Gasteiger partial charge in [-0.2, -0.15) is 0 Å². The van der Waals surface area contributed by atoms with Crippen molar-refractivity contribution in [1.29, 1.82) is 0 Å². The van der Waals surface area contributed by atoms with Gasteiger partial charge in [0.05, 0.1) is 0 Å². The van der Waals surface area contributed by atoms with E-state index in [-0.39, 0.29) is 11.7 Å². The third kappa shape index (κ3) is 4.38. The van der Waals surface area contributed by atoms with Crippen LogP contribution in [-0.4, -0.2) is 5.91 Å². The average Bonchev–Trinajstić information content (AvgIpc) is 2.41. The van der Waals surface area contributed by atoms with Crippen LogP contribution in [0.3, 0.4) is 0 Å². The van der Waals surface area contributed by atoms with E-state index in [4.69, 9.17) is 11.6 Å². The lowest BCUT2D eigenvalue weighted by Gasteiger charge is -2.05. The number of aryl methyl sites for hydroxylation is 1. The smallest absolute Gasteiger partial charge is 0.224 e. The van der Waals surface area contributed by atoms with E-state index in [1.54, 1.807) is 36.4 Å². The number of amides is 1. The van der Waals surface area contributed by atoms with Crippen LogP contribution in [0.2, 0.25) is 5.02 Å². The Morgan fingerprint density at radius 2 is 1.68 bits per heavy atom. The molecule has 0 aliphatic heterocycles. The van der Waals surface area contributed by atoms with Crippen molar-refractivity contribution >= 4 is 23.2 Å². The van der Waals surface area contributed by atoms with Gasteiger partial charge in [0.15, 0.2) is 0 Å². The van der Waals surface area contributed by atoms with Gasteiger partial charge < -0.3 is 5.32 Å². The summed E-state index contributed by atoms with van der Waals surface area (Å²) in [6.45, 7) is 0.